The molecule has 0 aliphatic carbocycles. The largest absolute Gasteiger partial charge is 0.322 e. The van der Waals surface area contributed by atoms with E-state index in [-0.39, 0.29) is 5.56 Å². The number of halogens is 2. The fourth-order valence-corrected chi connectivity index (χ4v) is 3.16. The van der Waals surface area contributed by atoms with E-state index in [0.29, 0.717) is 5.56 Å². The molecule has 118 valence electrons. The Kier molecular flexibility index (Phi) is 4.99. The Morgan fingerprint density at radius 1 is 1.10 bits per heavy atom. The Morgan fingerprint density at radius 2 is 1.67 bits per heavy atom. The van der Waals surface area contributed by atoms with Gasteiger partial charge in [-0.1, -0.05) is 18.9 Å². The number of hydrogen-bond donors (Lipinski definition) is 1. The molecule has 0 spiro atoms. The van der Waals surface area contributed by atoms with Gasteiger partial charge in [0.15, 0.2) is 0 Å². The van der Waals surface area contributed by atoms with Crippen LogP contribution in [0.5, 0.6) is 0 Å². The summed E-state index contributed by atoms with van der Waals surface area (Å²) in [5.41, 5.74) is 6.29. The van der Waals surface area contributed by atoms with Crippen LogP contribution in [0.1, 0.15) is 56.7 Å². The van der Waals surface area contributed by atoms with E-state index >= 15 is 0 Å². The maximum Gasteiger partial charge on any atom is 0.133 e. The highest BCUT2D eigenvalue weighted by Gasteiger charge is 2.37. The van der Waals surface area contributed by atoms with E-state index in [1.54, 1.807) is 6.92 Å². The first kappa shape index (κ1) is 16.4. The van der Waals surface area contributed by atoms with Crippen molar-refractivity contribution in [3.05, 3.63) is 34.9 Å². The summed E-state index contributed by atoms with van der Waals surface area (Å²) in [5, 5.41) is 0. The number of nitrogens with zero attached hydrogens (tertiary/aromatic N) is 1. The topological polar surface area (TPSA) is 29.3 Å². The van der Waals surface area contributed by atoms with Crippen LogP contribution in [0.4, 0.5) is 8.78 Å². The van der Waals surface area contributed by atoms with Crippen LogP contribution in [-0.4, -0.2) is 23.5 Å². The van der Waals surface area contributed by atoms with Crippen molar-refractivity contribution in [3.63, 3.8) is 0 Å². The zero-order valence-electron chi connectivity index (χ0n) is 13.3. The maximum absolute atomic E-state index is 14.4. The Hall–Kier alpha value is -1.00. The molecule has 1 unspecified atom stereocenters. The molecule has 0 radical (unpaired) electrons. The van der Waals surface area contributed by atoms with Crippen molar-refractivity contribution in [1.82, 2.24) is 4.90 Å². The van der Waals surface area contributed by atoms with Gasteiger partial charge in [-0.05, 0) is 58.3 Å². The van der Waals surface area contributed by atoms with Gasteiger partial charge >= 0.3 is 0 Å². The van der Waals surface area contributed by atoms with Gasteiger partial charge in [0.1, 0.15) is 11.6 Å². The van der Waals surface area contributed by atoms with Crippen molar-refractivity contribution >= 4 is 0 Å². The lowest BCUT2D eigenvalue weighted by atomic mass is 9.86. The third kappa shape index (κ3) is 3.27. The van der Waals surface area contributed by atoms with Crippen LogP contribution in [-0.2, 0) is 0 Å². The smallest absolute Gasteiger partial charge is 0.133 e. The fourth-order valence-electron chi connectivity index (χ4n) is 3.16. The molecule has 2 rings (SSSR count). The number of aryl methyl sites for hydroxylation is 1. The summed E-state index contributed by atoms with van der Waals surface area (Å²) in [6, 6.07) is 2.09. The van der Waals surface area contributed by atoms with Crippen LogP contribution in [0.15, 0.2) is 12.1 Å². The predicted octanol–water partition coefficient (Wildman–Crippen LogP) is 3.93. The van der Waals surface area contributed by atoms with Crippen LogP contribution >= 0.6 is 0 Å². The van der Waals surface area contributed by atoms with Gasteiger partial charge in [-0.3, -0.25) is 4.90 Å². The number of nitrogens with two attached hydrogens (primary N) is 1. The second-order valence-electron chi connectivity index (χ2n) is 6.62. The first-order valence-corrected chi connectivity index (χ1v) is 7.81. The lowest BCUT2D eigenvalue weighted by Crippen LogP contribution is -2.52. The molecule has 1 aliphatic heterocycles. The number of hydrogen-bond acceptors (Lipinski definition) is 2. The van der Waals surface area contributed by atoms with Gasteiger partial charge in [0, 0.05) is 11.1 Å². The molecule has 2 nitrogen and oxygen atoms in total. The van der Waals surface area contributed by atoms with E-state index < -0.39 is 23.2 Å². The zero-order valence-corrected chi connectivity index (χ0v) is 13.3. The normalized spacial score (nSPS) is 19.3. The SMILES string of the molecule is Cc1ccc(F)c(C(N)C(C)(C)N2CCCCCC2)c1F. The van der Waals surface area contributed by atoms with Crippen LogP contribution in [0.25, 0.3) is 0 Å². The highest BCUT2D eigenvalue weighted by molar-refractivity contribution is 5.31. The molecule has 0 saturated carbocycles. The number of benzene rings is 1. The molecule has 1 aliphatic rings. The lowest BCUT2D eigenvalue weighted by Gasteiger charge is -2.42. The van der Waals surface area contributed by atoms with Gasteiger partial charge in [0.2, 0.25) is 0 Å². The van der Waals surface area contributed by atoms with Gasteiger partial charge in [0.25, 0.3) is 0 Å². The second kappa shape index (κ2) is 6.41. The van der Waals surface area contributed by atoms with E-state index in [9.17, 15) is 8.78 Å². The molecule has 1 aromatic rings. The average molecular weight is 296 g/mol. The minimum Gasteiger partial charge on any atom is -0.322 e. The molecule has 4 heteroatoms. The second-order valence-corrected chi connectivity index (χ2v) is 6.62. The standard InChI is InChI=1S/C17H26F2N2/c1-12-8-9-13(18)14(15(12)19)16(20)17(2,3)21-10-6-4-5-7-11-21/h8-9,16H,4-7,10-11,20H2,1-3H3. The van der Waals surface area contributed by atoms with E-state index in [0.717, 1.165) is 25.9 Å². The molecule has 1 atom stereocenters. The van der Waals surface area contributed by atoms with Gasteiger partial charge in [-0.25, -0.2) is 8.78 Å². The van der Waals surface area contributed by atoms with Gasteiger partial charge in [-0.15, -0.1) is 0 Å². The first-order chi connectivity index (χ1) is 9.85. The van der Waals surface area contributed by atoms with Crippen molar-refractivity contribution in [2.24, 2.45) is 5.73 Å². The van der Waals surface area contributed by atoms with Crippen molar-refractivity contribution in [1.29, 1.82) is 0 Å². The van der Waals surface area contributed by atoms with Crippen molar-refractivity contribution in [2.45, 2.75) is 58.0 Å². The van der Waals surface area contributed by atoms with E-state index in [4.69, 9.17) is 5.73 Å². The Balaban J connectivity index is 2.33. The summed E-state index contributed by atoms with van der Waals surface area (Å²) in [6.07, 6.45) is 4.67. The van der Waals surface area contributed by atoms with Crippen LogP contribution < -0.4 is 5.73 Å². The van der Waals surface area contributed by atoms with Crippen molar-refractivity contribution < 1.29 is 8.78 Å². The molecule has 2 N–H and O–H groups in total. The molecule has 0 amide bonds. The summed E-state index contributed by atoms with van der Waals surface area (Å²) in [6.45, 7) is 7.50. The van der Waals surface area contributed by atoms with E-state index in [2.05, 4.69) is 4.90 Å². The van der Waals surface area contributed by atoms with Gasteiger partial charge in [0.05, 0.1) is 6.04 Å². The molecule has 1 fully saturated rings. The van der Waals surface area contributed by atoms with Crippen LogP contribution in [0.2, 0.25) is 0 Å². The maximum atomic E-state index is 14.4. The Bertz CT molecular complexity index is 492. The summed E-state index contributed by atoms with van der Waals surface area (Å²) in [7, 11) is 0. The van der Waals surface area contributed by atoms with Crippen molar-refractivity contribution in [2.75, 3.05) is 13.1 Å². The summed E-state index contributed by atoms with van der Waals surface area (Å²) >= 11 is 0. The summed E-state index contributed by atoms with van der Waals surface area (Å²) in [4.78, 5) is 2.28. The molecular weight excluding hydrogens is 270 g/mol. The Labute approximate surface area is 126 Å². The molecule has 1 aromatic carbocycles. The Morgan fingerprint density at radius 3 is 2.24 bits per heavy atom. The minimum atomic E-state index is -0.685. The highest BCUT2D eigenvalue weighted by Crippen LogP contribution is 2.34. The minimum absolute atomic E-state index is 0.0178. The number of rotatable bonds is 3. The molecule has 0 bridgehead atoms. The quantitative estimate of drug-likeness (QED) is 0.916. The summed E-state index contributed by atoms with van der Waals surface area (Å²) in [5.74, 6) is -1.06. The average Bonchev–Trinajstić information content (AvgIpc) is 2.72. The first-order valence-electron chi connectivity index (χ1n) is 7.81. The predicted molar refractivity (Wildman–Crippen MR) is 82.1 cm³/mol. The number of likely N-dealkylation sites (tertiary alicyclic amines) is 1. The van der Waals surface area contributed by atoms with E-state index in [1.807, 2.05) is 13.8 Å². The highest BCUT2D eigenvalue weighted by atomic mass is 19.1. The third-order valence-corrected chi connectivity index (χ3v) is 4.81. The monoisotopic (exact) mass is 296 g/mol. The fraction of sp³-hybridized carbons (Fsp3) is 0.647. The van der Waals surface area contributed by atoms with E-state index in [1.165, 1.54) is 25.0 Å². The van der Waals surface area contributed by atoms with Gasteiger partial charge in [-0.2, -0.15) is 0 Å². The zero-order chi connectivity index (χ0) is 15.6. The summed E-state index contributed by atoms with van der Waals surface area (Å²) < 4.78 is 28.5. The van der Waals surface area contributed by atoms with Crippen LogP contribution in [0, 0.1) is 18.6 Å². The molecule has 21 heavy (non-hydrogen) atoms. The third-order valence-electron chi connectivity index (χ3n) is 4.81. The molecular formula is C17H26F2N2. The molecule has 0 aromatic heterocycles. The van der Waals surface area contributed by atoms with Crippen molar-refractivity contribution in [3.8, 4) is 0 Å². The van der Waals surface area contributed by atoms with Gasteiger partial charge < -0.3 is 5.73 Å². The van der Waals surface area contributed by atoms with Crippen LogP contribution in [0.3, 0.4) is 0 Å². The molecule has 1 heterocycles. The molecule has 1 saturated heterocycles. The lowest BCUT2D eigenvalue weighted by molar-refractivity contribution is 0.0953.